The van der Waals surface area contributed by atoms with Crippen LogP contribution in [0, 0.1) is 0 Å². The molecule has 182 valence electrons. The lowest BCUT2D eigenvalue weighted by molar-refractivity contribution is -0.117. The third kappa shape index (κ3) is 4.32. The molecule has 2 aromatic carbocycles. The molecule has 2 aromatic rings. The fourth-order valence-corrected chi connectivity index (χ4v) is 7.73. The molecular formula is C26H23Br2NO5S. The number of benzene rings is 2. The molecule has 0 saturated heterocycles. The van der Waals surface area contributed by atoms with Gasteiger partial charge in [0.15, 0.2) is 17.3 Å². The van der Waals surface area contributed by atoms with Crippen molar-refractivity contribution in [1.82, 2.24) is 4.90 Å². The number of ketones is 2. The number of carbonyl (C=O) groups excluding carboxylic acids is 2. The highest BCUT2D eigenvalue weighted by Crippen LogP contribution is 2.52. The average Bonchev–Trinajstić information content (AvgIpc) is 2.83. The highest BCUT2D eigenvalue weighted by Gasteiger charge is 2.44. The predicted molar refractivity (Wildman–Crippen MR) is 138 cm³/mol. The lowest BCUT2D eigenvalue weighted by Crippen LogP contribution is -2.37. The molecule has 3 aliphatic rings. The Labute approximate surface area is 221 Å². The van der Waals surface area contributed by atoms with E-state index in [2.05, 4.69) is 31.9 Å². The maximum atomic E-state index is 13.3. The van der Waals surface area contributed by atoms with Crippen LogP contribution in [0.1, 0.15) is 50.0 Å². The topological polar surface area (TPSA) is 80.8 Å². The zero-order valence-corrected chi connectivity index (χ0v) is 23.0. The minimum Gasteiger partial charge on any atom is -0.377 e. The Morgan fingerprint density at radius 1 is 0.886 bits per heavy atom. The number of carbonyl (C=O) groups is 2. The lowest BCUT2D eigenvalue weighted by atomic mass is 9.71. The number of hydrogen-bond donors (Lipinski definition) is 0. The van der Waals surface area contributed by atoms with Crippen molar-refractivity contribution in [2.75, 3.05) is 7.05 Å². The van der Waals surface area contributed by atoms with Gasteiger partial charge in [0.1, 0.15) is 4.90 Å². The van der Waals surface area contributed by atoms with Gasteiger partial charge in [0.2, 0.25) is 0 Å². The van der Waals surface area contributed by atoms with Crippen LogP contribution in [0.4, 0.5) is 0 Å². The van der Waals surface area contributed by atoms with E-state index >= 15 is 0 Å². The Bertz CT molecular complexity index is 1370. The van der Waals surface area contributed by atoms with Gasteiger partial charge in [0.25, 0.3) is 0 Å². The van der Waals surface area contributed by atoms with E-state index < -0.39 is 16.0 Å². The zero-order valence-electron chi connectivity index (χ0n) is 19.0. The van der Waals surface area contributed by atoms with Gasteiger partial charge in [-0.1, -0.05) is 34.1 Å². The molecular weight excluding hydrogens is 598 g/mol. The minimum atomic E-state index is -4.16. The predicted octanol–water partition coefficient (Wildman–Crippen LogP) is 6.02. The molecule has 9 heteroatoms. The van der Waals surface area contributed by atoms with E-state index in [4.69, 9.17) is 4.18 Å². The van der Waals surface area contributed by atoms with Crippen molar-refractivity contribution in [3.05, 3.63) is 79.5 Å². The minimum absolute atomic E-state index is 0.0130. The molecule has 0 amide bonds. The van der Waals surface area contributed by atoms with Gasteiger partial charge in [-0.05, 0) is 65.9 Å². The average molecular weight is 621 g/mol. The van der Waals surface area contributed by atoms with Crippen molar-refractivity contribution in [2.45, 2.75) is 49.3 Å². The maximum Gasteiger partial charge on any atom is 0.339 e. The smallest absolute Gasteiger partial charge is 0.339 e. The number of hydrogen-bond acceptors (Lipinski definition) is 6. The van der Waals surface area contributed by atoms with E-state index in [1.807, 2.05) is 11.9 Å². The molecule has 1 heterocycles. The molecule has 0 saturated carbocycles. The number of Topliss-reactive ketones (excluding diaryl/α,β-unsaturated/α-hetero) is 2. The van der Waals surface area contributed by atoms with Gasteiger partial charge < -0.3 is 9.08 Å². The van der Waals surface area contributed by atoms with Gasteiger partial charge in [-0.25, -0.2) is 0 Å². The lowest BCUT2D eigenvalue weighted by Gasteiger charge is -2.42. The van der Waals surface area contributed by atoms with Crippen molar-refractivity contribution >= 4 is 53.5 Å². The molecule has 0 aromatic heterocycles. The fraction of sp³-hybridized carbons (Fsp3) is 0.308. The van der Waals surface area contributed by atoms with Crippen LogP contribution in [0.15, 0.2) is 78.8 Å². The molecule has 0 bridgehead atoms. The van der Waals surface area contributed by atoms with E-state index in [1.165, 1.54) is 12.1 Å². The van der Waals surface area contributed by atoms with Crippen LogP contribution < -0.4 is 4.18 Å². The van der Waals surface area contributed by atoms with E-state index in [9.17, 15) is 18.0 Å². The number of nitrogens with zero attached hydrogens (tertiary/aromatic N) is 1. The largest absolute Gasteiger partial charge is 0.377 e. The summed E-state index contributed by atoms with van der Waals surface area (Å²) in [5, 5.41) is 0. The SMILES string of the molecule is CN1C2=C(C(=O)CCC2)C(c2cc(Br)cc(Br)c2OS(=O)(=O)c2ccccc2)C2=C1CCCC2=O. The number of halogens is 2. The molecule has 0 N–H and O–H groups in total. The molecule has 0 fully saturated rings. The summed E-state index contributed by atoms with van der Waals surface area (Å²) < 4.78 is 33.2. The second-order valence-electron chi connectivity index (χ2n) is 8.92. The Morgan fingerprint density at radius 3 is 2.03 bits per heavy atom. The molecule has 0 atom stereocenters. The highest BCUT2D eigenvalue weighted by molar-refractivity contribution is 9.11. The molecule has 35 heavy (non-hydrogen) atoms. The van der Waals surface area contributed by atoms with Gasteiger partial charge in [-0.3, -0.25) is 9.59 Å². The number of allylic oxidation sites excluding steroid dienone is 4. The van der Waals surface area contributed by atoms with Crippen LogP contribution in [0.2, 0.25) is 0 Å². The van der Waals surface area contributed by atoms with E-state index in [1.54, 1.807) is 30.3 Å². The molecule has 0 unspecified atom stereocenters. The Morgan fingerprint density at radius 2 is 1.46 bits per heavy atom. The summed E-state index contributed by atoms with van der Waals surface area (Å²) in [4.78, 5) is 28.7. The first kappa shape index (κ1) is 24.5. The van der Waals surface area contributed by atoms with Gasteiger partial charge >= 0.3 is 10.1 Å². The Kier molecular flexibility index (Phi) is 6.52. The van der Waals surface area contributed by atoms with Gasteiger partial charge in [-0.15, -0.1) is 0 Å². The summed E-state index contributed by atoms with van der Waals surface area (Å²) >= 11 is 6.99. The third-order valence-corrected chi connectivity index (χ3v) is 9.10. The van der Waals surface area contributed by atoms with E-state index in [0.29, 0.717) is 38.5 Å². The van der Waals surface area contributed by atoms with Crippen LogP contribution in [-0.2, 0) is 19.7 Å². The fourth-order valence-electron chi connectivity index (χ4n) is 5.29. The summed E-state index contributed by atoms with van der Waals surface area (Å²) in [6.07, 6.45) is 3.75. The summed E-state index contributed by atoms with van der Waals surface area (Å²) in [6, 6.07) is 11.4. The second-order valence-corrected chi connectivity index (χ2v) is 12.2. The summed E-state index contributed by atoms with van der Waals surface area (Å²) in [5.41, 5.74) is 3.43. The molecule has 2 aliphatic carbocycles. The Hall–Kier alpha value is -2.23. The Balaban J connectivity index is 1.75. The number of rotatable bonds is 4. The van der Waals surface area contributed by atoms with Crippen molar-refractivity contribution < 1.29 is 22.2 Å². The summed E-state index contributed by atoms with van der Waals surface area (Å²) in [5.74, 6) is -0.629. The normalized spacial score (nSPS) is 19.1. The van der Waals surface area contributed by atoms with Crippen LogP contribution in [0.5, 0.6) is 5.75 Å². The van der Waals surface area contributed by atoms with Gasteiger partial charge in [0.05, 0.1) is 4.47 Å². The first-order valence-corrected chi connectivity index (χ1v) is 14.4. The van der Waals surface area contributed by atoms with Gasteiger partial charge in [-0.2, -0.15) is 8.42 Å². The molecule has 0 radical (unpaired) electrons. The van der Waals surface area contributed by atoms with Crippen molar-refractivity contribution in [3.8, 4) is 5.75 Å². The first-order valence-electron chi connectivity index (χ1n) is 11.4. The quantitative estimate of drug-likeness (QED) is 0.389. The molecule has 1 aliphatic heterocycles. The summed E-state index contributed by atoms with van der Waals surface area (Å²) in [6.45, 7) is 0. The molecule has 0 spiro atoms. The maximum absolute atomic E-state index is 13.3. The monoisotopic (exact) mass is 619 g/mol. The van der Waals surface area contributed by atoms with Crippen LogP contribution in [-0.4, -0.2) is 31.9 Å². The van der Waals surface area contributed by atoms with Crippen molar-refractivity contribution in [2.24, 2.45) is 0 Å². The van der Waals surface area contributed by atoms with Crippen molar-refractivity contribution in [1.29, 1.82) is 0 Å². The van der Waals surface area contributed by atoms with E-state index in [-0.39, 0.29) is 22.2 Å². The molecule has 5 rings (SSSR count). The standard InChI is InChI=1S/C26H23Br2NO5S/c1-29-19-9-5-11-21(30)24(19)23(25-20(29)10-6-12-22(25)31)17-13-15(27)14-18(28)26(17)34-35(32,33)16-7-3-2-4-8-16/h2-4,7-8,13-14,23H,5-6,9-12H2,1H3. The van der Waals surface area contributed by atoms with Crippen LogP contribution in [0.25, 0.3) is 0 Å². The van der Waals surface area contributed by atoms with E-state index in [0.717, 1.165) is 37.1 Å². The zero-order chi connectivity index (χ0) is 24.9. The van der Waals surface area contributed by atoms with Crippen LogP contribution >= 0.6 is 31.9 Å². The molecule has 6 nitrogen and oxygen atoms in total. The van der Waals surface area contributed by atoms with Gasteiger partial charge in [0, 0.05) is 58.4 Å². The third-order valence-electron chi connectivity index (χ3n) is 6.82. The highest BCUT2D eigenvalue weighted by atomic mass is 79.9. The first-order chi connectivity index (χ1) is 16.7. The second kappa shape index (κ2) is 9.33. The van der Waals surface area contributed by atoms with Crippen LogP contribution in [0.3, 0.4) is 0 Å². The van der Waals surface area contributed by atoms with Crippen molar-refractivity contribution in [3.63, 3.8) is 0 Å². The summed E-state index contributed by atoms with van der Waals surface area (Å²) in [7, 11) is -2.24.